The van der Waals surface area contributed by atoms with E-state index in [1.165, 1.54) is 12.1 Å². The smallest absolute Gasteiger partial charge is 0.132 e. The van der Waals surface area contributed by atoms with Crippen molar-refractivity contribution in [1.29, 1.82) is 0 Å². The number of benzene rings is 1. The van der Waals surface area contributed by atoms with Crippen LogP contribution in [0.15, 0.2) is 22.7 Å². The molecular weight excluding hydrogens is 340 g/mol. The number of halogens is 3. The van der Waals surface area contributed by atoms with Crippen molar-refractivity contribution in [2.75, 3.05) is 6.54 Å². The van der Waals surface area contributed by atoms with Gasteiger partial charge in [0.25, 0.3) is 0 Å². The molecule has 3 nitrogen and oxygen atoms in total. The molecule has 0 fully saturated rings. The Hall–Kier alpha value is -1.27. The largest absolute Gasteiger partial charge is 0.310 e. The standard InChI is InChI=1S/C15H18BrF2N3/c1-4-19-14(8-11-5-9(2)20-21(11)3)15-12(17)6-10(16)7-13(15)18/h5-7,14,19H,4,8H2,1-3H3. The summed E-state index contributed by atoms with van der Waals surface area (Å²) in [5.41, 5.74) is 1.89. The van der Waals surface area contributed by atoms with Crippen LogP contribution in [0.4, 0.5) is 8.78 Å². The van der Waals surface area contributed by atoms with Gasteiger partial charge in [0.15, 0.2) is 0 Å². The zero-order valence-corrected chi connectivity index (χ0v) is 13.8. The average Bonchev–Trinajstić information content (AvgIpc) is 2.66. The monoisotopic (exact) mass is 357 g/mol. The molecule has 0 amide bonds. The lowest BCUT2D eigenvalue weighted by molar-refractivity contribution is 0.464. The molecule has 0 aliphatic heterocycles. The van der Waals surface area contributed by atoms with Crippen LogP contribution in [-0.2, 0) is 13.5 Å². The summed E-state index contributed by atoms with van der Waals surface area (Å²) in [5.74, 6) is -1.10. The highest BCUT2D eigenvalue weighted by atomic mass is 79.9. The SMILES string of the molecule is CCNC(Cc1cc(C)nn1C)c1c(F)cc(Br)cc1F. The van der Waals surface area contributed by atoms with Crippen molar-refractivity contribution in [3.8, 4) is 0 Å². The molecule has 21 heavy (non-hydrogen) atoms. The van der Waals surface area contributed by atoms with Crippen molar-refractivity contribution < 1.29 is 8.78 Å². The normalized spacial score (nSPS) is 12.7. The minimum atomic E-state index is -0.549. The highest BCUT2D eigenvalue weighted by molar-refractivity contribution is 9.10. The first kappa shape index (κ1) is 16.1. The first-order chi connectivity index (χ1) is 9.92. The van der Waals surface area contributed by atoms with E-state index in [-0.39, 0.29) is 5.56 Å². The van der Waals surface area contributed by atoms with Gasteiger partial charge >= 0.3 is 0 Å². The highest BCUT2D eigenvalue weighted by Gasteiger charge is 2.22. The number of hydrogen-bond acceptors (Lipinski definition) is 2. The average molecular weight is 358 g/mol. The lowest BCUT2D eigenvalue weighted by atomic mass is 10.0. The Morgan fingerprint density at radius 1 is 1.29 bits per heavy atom. The van der Waals surface area contributed by atoms with Crippen molar-refractivity contribution in [1.82, 2.24) is 15.1 Å². The molecule has 2 aromatic rings. The maximum Gasteiger partial charge on any atom is 0.132 e. The van der Waals surface area contributed by atoms with E-state index in [2.05, 4.69) is 26.3 Å². The maximum absolute atomic E-state index is 14.2. The van der Waals surface area contributed by atoms with Crippen LogP contribution in [0.3, 0.4) is 0 Å². The Morgan fingerprint density at radius 2 is 1.90 bits per heavy atom. The lowest BCUT2D eigenvalue weighted by Gasteiger charge is -2.20. The van der Waals surface area contributed by atoms with E-state index in [1.807, 2.05) is 27.0 Å². The van der Waals surface area contributed by atoms with Crippen LogP contribution in [0.5, 0.6) is 0 Å². The highest BCUT2D eigenvalue weighted by Crippen LogP contribution is 2.27. The third-order valence-electron chi connectivity index (χ3n) is 3.35. The van der Waals surface area contributed by atoms with Gasteiger partial charge in [-0.25, -0.2) is 8.78 Å². The second-order valence-electron chi connectivity index (χ2n) is 5.00. The summed E-state index contributed by atoms with van der Waals surface area (Å²) < 4.78 is 30.5. The minimum absolute atomic E-state index is 0.0684. The molecule has 6 heteroatoms. The molecule has 0 radical (unpaired) electrons. The number of likely N-dealkylation sites (N-methyl/N-ethyl adjacent to an activating group) is 1. The van der Waals surface area contributed by atoms with Gasteiger partial charge in [0.1, 0.15) is 11.6 Å². The molecule has 0 saturated carbocycles. The predicted molar refractivity (Wildman–Crippen MR) is 82.1 cm³/mol. The fourth-order valence-corrected chi connectivity index (χ4v) is 2.88. The molecule has 1 N–H and O–H groups in total. The van der Waals surface area contributed by atoms with Crippen LogP contribution in [0.2, 0.25) is 0 Å². The Bertz CT molecular complexity index is 617. The third kappa shape index (κ3) is 3.68. The third-order valence-corrected chi connectivity index (χ3v) is 3.81. The van der Waals surface area contributed by atoms with Crippen LogP contribution >= 0.6 is 15.9 Å². The summed E-state index contributed by atoms with van der Waals surface area (Å²) in [6, 6.07) is 4.07. The number of rotatable bonds is 5. The molecule has 1 aromatic heterocycles. The molecule has 0 saturated heterocycles. The van der Waals surface area contributed by atoms with Crippen molar-refractivity contribution in [2.24, 2.45) is 7.05 Å². The van der Waals surface area contributed by atoms with Gasteiger partial charge in [-0.05, 0) is 31.7 Å². The molecule has 1 heterocycles. The summed E-state index contributed by atoms with van der Waals surface area (Å²) in [7, 11) is 1.83. The first-order valence-corrected chi connectivity index (χ1v) is 7.59. The van der Waals surface area contributed by atoms with Crippen LogP contribution in [0.25, 0.3) is 0 Å². The van der Waals surface area contributed by atoms with E-state index < -0.39 is 17.7 Å². The number of aromatic nitrogens is 2. The quantitative estimate of drug-likeness (QED) is 0.884. The molecule has 0 aliphatic carbocycles. The van der Waals surface area contributed by atoms with Gasteiger partial charge in [-0.2, -0.15) is 5.10 Å². The summed E-state index contributed by atoms with van der Waals surface area (Å²) in [4.78, 5) is 0. The summed E-state index contributed by atoms with van der Waals surface area (Å²) in [6.07, 6.45) is 0.473. The van der Waals surface area contributed by atoms with Gasteiger partial charge in [-0.3, -0.25) is 4.68 Å². The van der Waals surface area contributed by atoms with Gasteiger partial charge in [0, 0.05) is 35.2 Å². The van der Waals surface area contributed by atoms with E-state index in [9.17, 15) is 8.78 Å². The summed E-state index contributed by atoms with van der Waals surface area (Å²) in [5, 5.41) is 7.42. The van der Waals surface area contributed by atoms with E-state index in [0.717, 1.165) is 11.4 Å². The minimum Gasteiger partial charge on any atom is -0.310 e. The molecule has 1 atom stereocenters. The molecule has 2 rings (SSSR count). The lowest BCUT2D eigenvalue weighted by Crippen LogP contribution is -2.26. The van der Waals surface area contributed by atoms with Crippen molar-refractivity contribution in [3.63, 3.8) is 0 Å². The van der Waals surface area contributed by atoms with E-state index in [4.69, 9.17) is 0 Å². The molecule has 0 bridgehead atoms. The molecule has 1 unspecified atom stereocenters. The van der Waals surface area contributed by atoms with Crippen LogP contribution in [-0.4, -0.2) is 16.3 Å². The van der Waals surface area contributed by atoms with E-state index in [1.54, 1.807) is 4.68 Å². The Kier molecular flexibility index (Phi) is 5.11. The van der Waals surface area contributed by atoms with Crippen molar-refractivity contribution in [2.45, 2.75) is 26.3 Å². The van der Waals surface area contributed by atoms with Crippen LogP contribution in [0, 0.1) is 18.6 Å². The molecule has 1 aromatic carbocycles. The van der Waals surface area contributed by atoms with Gasteiger partial charge in [0.2, 0.25) is 0 Å². The number of aryl methyl sites for hydroxylation is 2. The van der Waals surface area contributed by atoms with Crippen LogP contribution < -0.4 is 5.32 Å². The van der Waals surface area contributed by atoms with Crippen molar-refractivity contribution >= 4 is 15.9 Å². The fourth-order valence-electron chi connectivity index (χ4n) is 2.47. The van der Waals surface area contributed by atoms with Crippen LogP contribution in [0.1, 0.15) is 29.9 Å². The fraction of sp³-hybridized carbons (Fsp3) is 0.400. The topological polar surface area (TPSA) is 29.9 Å². The first-order valence-electron chi connectivity index (χ1n) is 6.79. The summed E-state index contributed by atoms with van der Waals surface area (Å²) >= 11 is 3.10. The van der Waals surface area contributed by atoms with Gasteiger partial charge < -0.3 is 5.32 Å². The second kappa shape index (κ2) is 6.66. The number of nitrogens with zero attached hydrogens (tertiary/aromatic N) is 2. The Balaban J connectivity index is 2.37. The number of hydrogen-bond donors (Lipinski definition) is 1. The van der Waals surface area contributed by atoms with Gasteiger partial charge in [-0.1, -0.05) is 22.9 Å². The van der Waals surface area contributed by atoms with Gasteiger partial charge in [-0.15, -0.1) is 0 Å². The van der Waals surface area contributed by atoms with E-state index >= 15 is 0 Å². The zero-order chi connectivity index (χ0) is 15.6. The molecule has 0 spiro atoms. The molecular formula is C15H18BrF2N3. The zero-order valence-electron chi connectivity index (χ0n) is 12.3. The van der Waals surface area contributed by atoms with Gasteiger partial charge in [0.05, 0.1) is 5.69 Å². The molecule has 114 valence electrons. The summed E-state index contributed by atoms with van der Waals surface area (Å²) in [6.45, 7) is 4.43. The van der Waals surface area contributed by atoms with E-state index in [0.29, 0.717) is 17.4 Å². The second-order valence-corrected chi connectivity index (χ2v) is 5.91. The predicted octanol–water partition coefficient (Wildman–Crippen LogP) is 3.66. The maximum atomic E-state index is 14.2. The Morgan fingerprint density at radius 3 is 2.38 bits per heavy atom. The number of nitrogens with one attached hydrogen (secondary N) is 1. The Labute approximate surface area is 131 Å². The molecule has 0 aliphatic rings. The van der Waals surface area contributed by atoms with Crippen molar-refractivity contribution in [3.05, 3.63) is 51.3 Å².